The van der Waals surface area contributed by atoms with Gasteiger partial charge in [0, 0.05) is 12.3 Å². The van der Waals surface area contributed by atoms with Crippen LogP contribution in [0.4, 0.5) is 0 Å². The van der Waals surface area contributed by atoms with Gasteiger partial charge >= 0.3 is 0 Å². The molecule has 6 heteroatoms. The van der Waals surface area contributed by atoms with E-state index in [4.69, 9.17) is 16.0 Å². The van der Waals surface area contributed by atoms with Crippen molar-refractivity contribution in [3.05, 3.63) is 29.0 Å². The zero-order valence-corrected chi connectivity index (χ0v) is 10.3. The second-order valence-corrected chi connectivity index (χ2v) is 4.60. The highest BCUT2D eigenvalue weighted by atomic mass is 35.5. The van der Waals surface area contributed by atoms with Crippen LogP contribution in [0.5, 0.6) is 0 Å². The fourth-order valence-electron chi connectivity index (χ4n) is 1.80. The maximum absolute atomic E-state index is 6.03. The average Bonchev–Trinajstić information content (AvgIpc) is 2.97. The molecule has 90 valence electrons. The van der Waals surface area contributed by atoms with Crippen LogP contribution in [-0.2, 0) is 13.0 Å². The molecule has 0 atom stereocenters. The molecule has 0 bridgehead atoms. The van der Waals surface area contributed by atoms with Crippen molar-refractivity contribution < 1.29 is 4.42 Å². The van der Waals surface area contributed by atoms with Gasteiger partial charge in [-0.15, -0.1) is 10.2 Å². The number of hydrogen-bond acceptors (Lipinski definition) is 4. The van der Waals surface area contributed by atoms with Crippen molar-refractivity contribution in [1.29, 1.82) is 0 Å². The lowest BCUT2D eigenvalue weighted by molar-refractivity contribution is 0.443. The summed E-state index contributed by atoms with van der Waals surface area (Å²) in [6.45, 7) is 2.54. The van der Waals surface area contributed by atoms with E-state index < -0.39 is 0 Å². The third-order valence-electron chi connectivity index (χ3n) is 2.92. The van der Waals surface area contributed by atoms with Crippen molar-refractivity contribution in [2.75, 3.05) is 0 Å². The summed E-state index contributed by atoms with van der Waals surface area (Å²) in [4.78, 5) is 4.22. The topological polar surface area (TPSA) is 56.7 Å². The maximum Gasteiger partial charge on any atom is 0.225 e. The van der Waals surface area contributed by atoms with Crippen LogP contribution in [0.2, 0.25) is 5.28 Å². The van der Waals surface area contributed by atoms with Gasteiger partial charge in [-0.1, -0.05) is 6.92 Å². The van der Waals surface area contributed by atoms with Crippen LogP contribution >= 0.6 is 11.6 Å². The number of aryl methyl sites for hydroxylation is 1. The number of nitrogens with zero attached hydrogens (tertiary/aromatic N) is 4. The summed E-state index contributed by atoms with van der Waals surface area (Å²) in [6, 6.07) is 0. The second kappa shape index (κ2) is 4.14. The Labute approximate surface area is 104 Å². The first kappa shape index (κ1) is 10.8. The minimum absolute atomic E-state index is 0.406. The van der Waals surface area contributed by atoms with Gasteiger partial charge in [0.05, 0.1) is 6.20 Å². The van der Waals surface area contributed by atoms with Crippen molar-refractivity contribution in [2.45, 2.75) is 38.6 Å². The van der Waals surface area contributed by atoms with E-state index in [9.17, 15) is 0 Å². The normalized spacial score (nSPS) is 15.4. The lowest BCUT2D eigenvalue weighted by Crippen LogP contribution is -2.04. The molecule has 3 rings (SSSR count). The number of rotatable bonds is 4. The van der Waals surface area contributed by atoms with Crippen molar-refractivity contribution in [3.8, 4) is 0 Å². The summed E-state index contributed by atoms with van der Waals surface area (Å²) in [5.41, 5.74) is 0. The van der Waals surface area contributed by atoms with E-state index in [-0.39, 0.29) is 0 Å². The van der Waals surface area contributed by atoms with Gasteiger partial charge in [0.1, 0.15) is 18.1 Å². The summed E-state index contributed by atoms with van der Waals surface area (Å²) in [5.74, 6) is 3.00. The lowest BCUT2D eigenvalue weighted by atomic mass is 10.4. The number of oxazole rings is 1. The first-order valence-electron chi connectivity index (χ1n) is 5.80. The summed E-state index contributed by atoms with van der Waals surface area (Å²) in [6.07, 6.45) is 4.93. The molecule has 0 saturated heterocycles. The molecule has 1 aliphatic rings. The molecule has 0 spiro atoms. The molecule has 0 aromatic carbocycles. The van der Waals surface area contributed by atoms with Gasteiger partial charge in [-0.05, 0) is 24.4 Å². The van der Waals surface area contributed by atoms with Gasteiger partial charge in [0.25, 0.3) is 0 Å². The fourth-order valence-corrected chi connectivity index (χ4v) is 1.99. The molecule has 1 saturated carbocycles. The van der Waals surface area contributed by atoms with Gasteiger partial charge in [0.2, 0.25) is 11.2 Å². The molecule has 0 unspecified atom stereocenters. The molecule has 1 aliphatic carbocycles. The Morgan fingerprint density at radius 2 is 2.29 bits per heavy atom. The fraction of sp³-hybridized carbons (Fsp3) is 0.545. The molecule has 2 aromatic rings. The van der Waals surface area contributed by atoms with Gasteiger partial charge in [-0.3, -0.25) is 4.57 Å². The minimum atomic E-state index is 0.406. The zero-order valence-electron chi connectivity index (χ0n) is 9.56. The lowest BCUT2D eigenvalue weighted by Gasteiger charge is -2.03. The molecular formula is C11H13ClN4O. The minimum Gasteiger partial charge on any atom is -0.444 e. The van der Waals surface area contributed by atoms with Crippen LogP contribution in [0.25, 0.3) is 0 Å². The van der Waals surface area contributed by atoms with Crippen LogP contribution in [-0.4, -0.2) is 19.7 Å². The summed E-state index contributed by atoms with van der Waals surface area (Å²) < 4.78 is 7.45. The predicted molar refractivity (Wildman–Crippen MR) is 62.0 cm³/mol. The average molecular weight is 253 g/mol. The Balaban J connectivity index is 1.86. The van der Waals surface area contributed by atoms with Crippen molar-refractivity contribution in [1.82, 2.24) is 19.7 Å². The highest BCUT2D eigenvalue weighted by Crippen LogP contribution is 2.39. The molecular weight excluding hydrogens is 240 g/mol. The van der Waals surface area contributed by atoms with Crippen LogP contribution in [0.15, 0.2) is 10.6 Å². The van der Waals surface area contributed by atoms with Crippen LogP contribution in [0, 0.1) is 0 Å². The molecule has 0 aliphatic heterocycles. The van der Waals surface area contributed by atoms with E-state index in [1.54, 1.807) is 6.20 Å². The molecule has 2 aromatic heterocycles. The molecule has 0 radical (unpaired) electrons. The Morgan fingerprint density at radius 1 is 1.47 bits per heavy atom. The van der Waals surface area contributed by atoms with Crippen molar-refractivity contribution in [2.24, 2.45) is 0 Å². The van der Waals surface area contributed by atoms with E-state index in [2.05, 4.69) is 15.2 Å². The number of halogens is 1. The second-order valence-electron chi connectivity index (χ2n) is 4.26. The number of aromatic nitrogens is 4. The van der Waals surface area contributed by atoms with E-state index in [1.807, 2.05) is 11.5 Å². The third-order valence-corrected chi connectivity index (χ3v) is 3.20. The van der Waals surface area contributed by atoms with Crippen LogP contribution < -0.4 is 0 Å². The van der Waals surface area contributed by atoms with E-state index in [1.165, 1.54) is 12.8 Å². The first-order chi connectivity index (χ1) is 8.28. The van der Waals surface area contributed by atoms with Crippen molar-refractivity contribution >= 4 is 11.6 Å². The van der Waals surface area contributed by atoms with Crippen LogP contribution in [0.1, 0.15) is 43.2 Å². The van der Waals surface area contributed by atoms with Gasteiger partial charge in [-0.2, -0.15) is 0 Å². The quantitative estimate of drug-likeness (QED) is 0.839. The molecule has 5 nitrogen and oxygen atoms in total. The maximum atomic E-state index is 6.03. The molecule has 1 fully saturated rings. The summed E-state index contributed by atoms with van der Waals surface area (Å²) in [7, 11) is 0. The van der Waals surface area contributed by atoms with Crippen molar-refractivity contribution in [3.63, 3.8) is 0 Å². The molecule has 2 heterocycles. The van der Waals surface area contributed by atoms with E-state index in [0.29, 0.717) is 23.6 Å². The molecule has 0 N–H and O–H groups in total. The van der Waals surface area contributed by atoms with Crippen LogP contribution in [0.3, 0.4) is 0 Å². The molecule has 17 heavy (non-hydrogen) atoms. The smallest absolute Gasteiger partial charge is 0.225 e. The van der Waals surface area contributed by atoms with E-state index >= 15 is 0 Å². The summed E-state index contributed by atoms with van der Waals surface area (Å²) >= 11 is 6.03. The zero-order chi connectivity index (χ0) is 11.8. The Morgan fingerprint density at radius 3 is 2.94 bits per heavy atom. The Kier molecular flexibility index (Phi) is 2.63. The standard InChI is InChI=1S/C11H13ClN4O/c1-2-8-5-13-9(17-8)6-16-10(7-3-4-7)14-15-11(16)12/h5,7H,2-4,6H2,1H3. The Bertz CT molecular complexity index is 529. The largest absolute Gasteiger partial charge is 0.444 e. The van der Waals surface area contributed by atoms with Gasteiger partial charge < -0.3 is 4.42 Å². The Hall–Kier alpha value is -1.36. The first-order valence-corrected chi connectivity index (χ1v) is 6.18. The third kappa shape index (κ3) is 2.07. The van der Waals surface area contributed by atoms with Gasteiger partial charge in [-0.25, -0.2) is 4.98 Å². The number of hydrogen-bond donors (Lipinski definition) is 0. The SMILES string of the molecule is CCc1cnc(Cn2c(Cl)nnc2C2CC2)o1. The molecule has 0 amide bonds. The van der Waals surface area contributed by atoms with Gasteiger partial charge in [0.15, 0.2) is 0 Å². The van der Waals surface area contributed by atoms with E-state index in [0.717, 1.165) is 18.0 Å². The monoisotopic (exact) mass is 252 g/mol. The summed E-state index contributed by atoms with van der Waals surface area (Å²) in [5, 5.41) is 8.43. The highest BCUT2D eigenvalue weighted by molar-refractivity contribution is 6.28. The highest BCUT2D eigenvalue weighted by Gasteiger charge is 2.30. The predicted octanol–water partition coefficient (Wildman–Crippen LogP) is 2.41.